The van der Waals surface area contributed by atoms with E-state index in [9.17, 15) is 0 Å². The van der Waals surface area contributed by atoms with Crippen molar-refractivity contribution >= 4 is 0 Å². The topological polar surface area (TPSA) is 12.9 Å². The molecule has 0 N–H and O–H groups in total. The van der Waals surface area contributed by atoms with Gasteiger partial charge in [-0.05, 0) is 36.8 Å². The molecule has 0 spiro atoms. The van der Waals surface area contributed by atoms with E-state index in [4.69, 9.17) is 0 Å². The summed E-state index contributed by atoms with van der Waals surface area (Å²) in [6.07, 6.45) is 37.9. The van der Waals surface area contributed by atoms with E-state index in [1.165, 1.54) is 165 Å². The molecule has 0 aliphatic rings. The molecule has 0 atom stereocenters. The van der Waals surface area contributed by atoms with Crippen LogP contribution in [0.25, 0.3) is 0 Å². The lowest BCUT2D eigenvalue weighted by Crippen LogP contribution is -1.93. The van der Waals surface area contributed by atoms with Crippen LogP contribution < -0.4 is 0 Å². The molecule has 1 aromatic heterocycles. The normalized spacial score (nSPS) is 11.3. The second-order valence-corrected chi connectivity index (χ2v) is 10.3. The van der Waals surface area contributed by atoms with Gasteiger partial charge in [0.15, 0.2) is 0 Å². The molecule has 32 heavy (non-hydrogen) atoms. The molecule has 0 unspecified atom stereocenters. The summed E-state index contributed by atoms with van der Waals surface area (Å²) in [6, 6.07) is 2.43. The van der Waals surface area contributed by atoms with E-state index in [0.29, 0.717) is 0 Å². The third-order valence-corrected chi connectivity index (χ3v) is 6.99. The zero-order chi connectivity index (χ0) is 23.0. The van der Waals surface area contributed by atoms with Crippen molar-refractivity contribution in [1.82, 2.24) is 4.98 Å². The molecule has 0 fully saturated rings. The summed E-state index contributed by atoms with van der Waals surface area (Å²) in [5.74, 6) is 0. The highest BCUT2D eigenvalue weighted by molar-refractivity contribution is 5.18. The maximum Gasteiger partial charge on any atom is 0.0300 e. The van der Waals surface area contributed by atoms with Crippen molar-refractivity contribution in [3.05, 3.63) is 29.6 Å². The SMILES string of the molecule is CCCCCCCCCCCCCc1cncc(CCCCCCCCCCCCC)c1. The fraction of sp³-hybridized carbons (Fsp3) is 0.839. The van der Waals surface area contributed by atoms with E-state index in [1.807, 2.05) is 0 Å². The van der Waals surface area contributed by atoms with Gasteiger partial charge in [-0.1, -0.05) is 148 Å². The van der Waals surface area contributed by atoms with Crippen molar-refractivity contribution in [2.75, 3.05) is 0 Å². The summed E-state index contributed by atoms with van der Waals surface area (Å²) in [5.41, 5.74) is 2.92. The summed E-state index contributed by atoms with van der Waals surface area (Å²) in [7, 11) is 0. The Labute approximate surface area is 202 Å². The second-order valence-electron chi connectivity index (χ2n) is 10.3. The molecule has 0 saturated heterocycles. The van der Waals surface area contributed by atoms with Crippen LogP contribution in [0.15, 0.2) is 18.5 Å². The van der Waals surface area contributed by atoms with Crippen molar-refractivity contribution in [2.24, 2.45) is 0 Å². The zero-order valence-corrected chi connectivity index (χ0v) is 22.1. The molecule has 1 rings (SSSR count). The zero-order valence-electron chi connectivity index (χ0n) is 22.1. The standard InChI is InChI=1S/C31H57N/c1-3-5-7-9-11-13-15-17-19-21-23-25-30-27-31(29-32-28-30)26-24-22-20-18-16-14-12-10-8-6-4-2/h27-29H,3-26H2,1-2H3. The van der Waals surface area contributed by atoms with Gasteiger partial charge in [0, 0.05) is 12.4 Å². The molecule has 1 heterocycles. The lowest BCUT2D eigenvalue weighted by atomic mass is 10.0. The van der Waals surface area contributed by atoms with Crippen molar-refractivity contribution in [1.29, 1.82) is 0 Å². The molecule has 0 aliphatic carbocycles. The Kier molecular flexibility index (Phi) is 21.3. The van der Waals surface area contributed by atoms with Crippen LogP contribution in [0.5, 0.6) is 0 Å². The van der Waals surface area contributed by atoms with Crippen molar-refractivity contribution in [3.63, 3.8) is 0 Å². The van der Waals surface area contributed by atoms with Crippen LogP contribution in [0.2, 0.25) is 0 Å². The predicted octanol–water partition coefficient (Wildman–Crippen LogP) is 10.8. The van der Waals surface area contributed by atoms with Gasteiger partial charge >= 0.3 is 0 Å². The molecule has 0 saturated carbocycles. The van der Waals surface area contributed by atoms with Crippen molar-refractivity contribution < 1.29 is 0 Å². The number of aromatic nitrogens is 1. The van der Waals surface area contributed by atoms with E-state index in [0.717, 1.165) is 0 Å². The summed E-state index contributed by atoms with van der Waals surface area (Å²) >= 11 is 0. The van der Waals surface area contributed by atoms with E-state index in [-0.39, 0.29) is 0 Å². The maximum absolute atomic E-state index is 4.52. The average Bonchev–Trinajstić information content (AvgIpc) is 2.81. The number of rotatable bonds is 24. The van der Waals surface area contributed by atoms with Gasteiger partial charge in [-0.3, -0.25) is 4.98 Å². The van der Waals surface area contributed by atoms with Gasteiger partial charge in [-0.15, -0.1) is 0 Å². The number of hydrogen-bond acceptors (Lipinski definition) is 1. The molecule has 1 nitrogen and oxygen atoms in total. The average molecular weight is 444 g/mol. The predicted molar refractivity (Wildman–Crippen MR) is 145 cm³/mol. The number of pyridine rings is 1. The first kappa shape index (κ1) is 29.2. The first-order valence-corrected chi connectivity index (χ1v) is 14.8. The summed E-state index contributed by atoms with van der Waals surface area (Å²) in [6.45, 7) is 4.59. The molecule has 0 aromatic carbocycles. The number of nitrogens with zero attached hydrogens (tertiary/aromatic N) is 1. The molecule has 1 aromatic rings. The number of unbranched alkanes of at least 4 members (excludes halogenated alkanes) is 20. The van der Waals surface area contributed by atoms with Crippen LogP contribution in [-0.4, -0.2) is 4.98 Å². The van der Waals surface area contributed by atoms with E-state index in [2.05, 4.69) is 37.3 Å². The Hall–Kier alpha value is -0.850. The van der Waals surface area contributed by atoms with Crippen LogP contribution in [0.1, 0.15) is 166 Å². The molecule has 0 amide bonds. The fourth-order valence-electron chi connectivity index (χ4n) is 4.80. The third kappa shape index (κ3) is 18.7. The van der Waals surface area contributed by atoms with Gasteiger partial charge in [0.05, 0.1) is 0 Å². The minimum atomic E-state index is 1.22. The lowest BCUT2D eigenvalue weighted by molar-refractivity contribution is 0.548. The van der Waals surface area contributed by atoms with Crippen LogP contribution in [0.4, 0.5) is 0 Å². The Morgan fingerprint density at radius 1 is 0.406 bits per heavy atom. The minimum Gasteiger partial charge on any atom is -0.264 e. The van der Waals surface area contributed by atoms with Gasteiger partial charge < -0.3 is 0 Å². The molecule has 1 heteroatoms. The monoisotopic (exact) mass is 443 g/mol. The molecule has 0 radical (unpaired) electrons. The van der Waals surface area contributed by atoms with Crippen LogP contribution >= 0.6 is 0 Å². The summed E-state index contributed by atoms with van der Waals surface area (Å²) in [4.78, 5) is 4.52. The van der Waals surface area contributed by atoms with E-state index < -0.39 is 0 Å². The fourth-order valence-corrected chi connectivity index (χ4v) is 4.80. The highest BCUT2D eigenvalue weighted by Crippen LogP contribution is 2.15. The van der Waals surface area contributed by atoms with Gasteiger partial charge in [-0.25, -0.2) is 0 Å². The largest absolute Gasteiger partial charge is 0.264 e. The first-order chi connectivity index (χ1) is 15.9. The van der Waals surface area contributed by atoms with Crippen LogP contribution in [-0.2, 0) is 12.8 Å². The Morgan fingerprint density at radius 3 is 1.00 bits per heavy atom. The van der Waals surface area contributed by atoms with E-state index >= 15 is 0 Å². The molecular weight excluding hydrogens is 386 g/mol. The lowest BCUT2D eigenvalue weighted by Gasteiger charge is -2.06. The smallest absolute Gasteiger partial charge is 0.0300 e. The van der Waals surface area contributed by atoms with Gasteiger partial charge in [0.25, 0.3) is 0 Å². The first-order valence-electron chi connectivity index (χ1n) is 14.8. The Bertz CT molecular complexity index is 454. The Balaban J connectivity index is 1.94. The number of hydrogen-bond donors (Lipinski definition) is 0. The molecular formula is C31H57N. The molecule has 0 bridgehead atoms. The highest BCUT2D eigenvalue weighted by atomic mass is 14.6. The van der Waals surface area contributed by atoms with Crippen molar-refractivity contribution in [2.45, 2.75) is 168 Å². The summed E-state index contributed by atoms with van der Waals surface area (Å²) < 4.78 is 0. The molecule has 0 aliphatic heterocycles. The van der Waals surface area contributed by atoms with Crippen LogP contribution in [0, 0.1) is 0 Å². The second kappa shape index (κ2) is 23.3. The highest BCUT2D eigenvalue weighted by Gasteiger charge is 2.00. The number of aryl methyl sites for hydroxylation is 2. The third-order valence-electron chi connectivity index (χ3n) is 6.99. The van der Waals surface area contributed by atoms with Crippen LogP contribution in [0.3, 0.4) is 0 Å². The molecule has 186 valence electrons. The van der Waals surface area contributed by atoms with Crippen molar-refractivity contribution in [3.8, 4) is 0 Å². The Morgan fingerprint density at radius 2 is 0.688 bits per heavy atom. The van der Waals surface area contributed by atoms with E-state index in [1.54, 1.807) is 0 Å². The maximum atomic E-state index is 4.52. The summed E-state index contributed by atoms with van der Waals surface area (Å²) in [5, 5.41) is 0. The van der Waals surface area contributed by atoms with Gasteiger partial charge in [0.2, 0.25) is 0 Å². The van der Waals surface area contributed by atoms with Gasteiger partial charge in [-0.2, -0.15) is 0 Å². The quantitative estimate of drug-likeness (QED) is 0.145. The minimum absolute atomic E-state index is 1.22. The van der Waals surface area contributed by atoms with Gasteiger partial charge in [0.1, 0.15) is 0 Å².